The highest BCUT2D eigenvalue weighted by Crippen LogP contribution is 2.17. The van der Waals surface area contributed by atoms with Crippen LogP contribution in [0.1, 0.15) is 24.2 Å². The molecule has 3 rings (SSSR count). The molecule has 1 aromatic carbocycles. The average Bonchev–Trinajstić information content (AvgIpc) is 3.10. The van der Waals surface area contributed by atoms with E-state index in [1.165, 1.54) is 0 Å². The van der Waals surface area contributed by atoms with Crippen molar-refractivity contribution >= 4 is 41.6 Å². The Morgan fingerprint density at radius 1 is 1.23 bits per heavy atom. The van der Waals surface area contributed by atoms with Crippen molar-refractivity contribution in [3.8, 4) is 0 Å². The van der Waals surface area contributed by atoms with Gasteiger partial charge in [0.05, 0.1) is 17.9 Å². The summed E-state index contributed by atoms with van der Waals surface area (Å²) in [6, 6.07) is 4.93. The molecular formula is C17H21F2IN6. The zero-order valence-electron chi connectivity index (χ0n) is 14.4. The number of hydrogen-bond acceptors (Lipinski definition) is 4. The lowest BCUT2D eigenvalue weighted by Crippen LogP contribution is -2.24. The molecule has 3 N–H and O–H groups in total. The minimum atomic E-state index is -0.603. The minimum absolute atomic E-state index is 0. The van der Waals surface area contributed by atoms with Gasteiger partial charge in [-0.2, -0.15) is 0 Å². The van der Waals surface area contributed by atoms with Crippen LogP contribution in [-0.4, -0.2) is 29.0 Å². The number of benzene rings is 1. The van der Waals surface area contributed by atoms with Gasteiger partial charge in [-0.3, -0.25) is 0 Å². The first-order chi connectivity index (χ1) is 12.0. The molecule has 0 aliphatic carbocycles. The van der Waals surface area contributed by atoms with E-state index in [9.17, 15) is 8.78 Å². The van der Waals surface area contributed by atoms with Crippen LogP contribution in [0.15, 0.2) is 29.3 Å². The molecule has 1 aliphatic heterocycles. The van der Waals surface area contributed by atoms with Crippen molar-refractivity contribution in [2.45, 2.75) is 26.3 Å². The van der Waals surface area contributed by atoms with Gasteiger partial charge in [-0.05, 0) is 38.0 Å². The number of aliphatic imine (C=N–C) groups is 1. The molecule has 6 nitrogen and oxygen atoms in total. The van der Waals surface area contributed by atoms with Crippen LogP contribution in [0.3, 0.4) is 0 Å². The van der Waals surface area contributed by atoms with E-state index in [1.807, 2.05) is 13.0 Å². The van der Waals surface area contributed by atoms with E-state index >= 15 is 0 Å². The molecule has 0 amide bonds. The van der Waals surface area contributed by atoms with E-state index in [0.29, 0.717) is 5.95 Å². The van der Waals surface area contributed by atoms with Crippen LogP contribution in [0.25, 0.3) is 0 Å². The number of nitrogens with zero attached hydrogens (tertiary/aromatic N) is 4. The van der Waals surface area contributed by atoms with Crippen molar-refractivity contribution in [3.05, 3.63) is 47.3 Å². The fraction of sp³-hybridized carbons (Fsp3) is 0.353. The lowest BCUT2D eigenvalue weighted by atomic mass is 10.3. The molecule has 1 saturated heterocycles. The van der Waals surface area contributed by atoms with E-state index in [0.717, 1.165) is 55.5 Å². The van der Waals surface area contributed by atoms with Gasteiger partial charge in [0.1, 0.15) is 11.6 Å². The molecule has 2 aromatic rings. The van der Waals surface area contributed by atoms with Crippen LogP contribution < -0.4 is 16.0 Å². The first-order valence-corrected chi connectivity index (χ1v) is 8.13. The molecule has 0 atom stereocenters. The Labute approximate surface area is 167 Å². The molecule has 1 aromatic heterocycles. The quantitative estimate of drug-likeness (QED) is 0.404. The van der Waals surface area contributed by atoms with Crippen molar-refractivity contribution in [2.75, 3.05) is 23.3 Å². The molecule has 1 aliphatic rings. The number of aryl methyl sites for hydroxylation is 1. The molecule has 1 fully saturated rings. The number of guanidine groups is 1. The van der Waals surface area contributed by atoms with Gasteiger partial charge in [-0.15, -0.1) is 24.0 Å². The van der Waals surface area contributed by atoms with E-state index in [4.69, 9.17) is 5.73 Å². The van der Waals surface area contributed by atoms with Gasteiger partial charge in [0.25, 0.3) is 0 Å². The van der Waals surface area contributed by atoms with Crippen molar-refractivity contribution < 1.29 is 8.78 Å². The SMILES string of the molecule is Cc1cc(CN=C(N)Nc2cc(F)ccc2F)nc(N2CCCC2)n1.I. The van der Waals surface area contributed by atoms with Crippen molar-refractivity contribution in [1.29, 1.82) is 0 Å². The first kappa shape index (κ1) is 20.3. The summed E-state index contributed by atoms with van der Waals surface area (Å²) in [5.74, 6) is -0.471. The number of nitrogens with two attached hydrogens (primary N) is 1. The smallest absolute Gasteiger partial charge is 0.225 e. The first-order valence-electron chi connectivity index (χ1n) is 8.13. The molecule has 0 unspecified atom stereocenters. The summed E-state index contributed by atoms with van der Waals surface area (Å²) >= 11 is 0. The number of hydrogen-bond donors (Lipinski definition) is 2. The van der Waals surface area contributed by atoms with Crippen LogP contribution in [0, 0.1) is 18.6 Å². The molecular weight excluding hydrogens is 453 g/mol. The predicted octanol–water partition coefficient (Wildman–Crippen LogP) is 3.21. The summed E-state index contributed by atoms with van der Waals surface area (Å²) in [4.78, 5) is 15.3. The number of aromatic nitrogens is 2. The van der Waals surface area contributed by atoms with Gasteiger partial charge in [-0.25, -0.2) is 23.7 Å². The van der Waals surface area contributed by atoms with E-state index in [1.54, 1.807) is 0 Å². The minimum Gasteiger partial charge on any atom is -0.370 e. The number of halogens is 3. The molecule has 0 spiro atoms. The Morgan fingerprint density at radius 2 is 1.96 bits per heavy atom. The zero-order valence-corrected chi connectivity index (χ0v) is 16.7. The van der Waals surface area contributed by atoms with Crippen molar-refractivity contribution in [1.82, 2.24) is 9.97 Å². The lowest BCUT2D eigenvalue weighted by Gasteiger charge is -2.16. The highest BCUT2D eigenvalue weighted by atomic mass is 127. The number of rotatable bonds is 4. The average molecular weight is 474 g/mol. The highest BCUT2D eigenvalue weighted by molar-refractivity contribution is 14.0. The predicted molar refractivity (Wildman–Crippen MR) is 109 cm³/mol. The second kappa shape index (κ2) is 9.06. The summed E-state index contributed by atoms with van der Waals surface area (Å²) in [6.07, 6.45) is 2.28. The summed E-state index contributed by atoms with van der Waals surface area (Å²) < 4.78 is 26.8. The summed E-state index contributed by atoms with van der Waals surface area (Å²) in [5.41, 5.74) is 7.28. The molecule has 0 bridgehead atoms. The lowest BCUT2D eigenvalue weighted by molar-refractivity contribution is 0.604. The molecule has 140 valence electrons. The maximum Gasteiger partial charge on any atom is 0.225 e. The monoisotopic (exact) mass is 474 g/mol. The molecule has 9 heteroatoms. The van der Waals surface area contributed by atoms with E-state index < -0.39 is 11.6 Å². The third kappa shape index (κ3) is 5.23. The van der Waals surface area contributed by atoms with Gasteiger partial charge in [0.15, 0.2) is 5.96 Å². The molecule has 26 heavy (non-hydrogen) atoms. The largest absolute Gasteiger partial charge is 0.370 e. The third-order valence-corrected chi connectivity index (χ3v) is 3.89. The summed E-state index contributed by atoms with van der Waals surface area (Å²) in [6.45, 7) is 4.03. The molecule has 2 heterocycles. The van der Waals surface area contributed by atoms with Crippen LogP contribution >= 0.6 is 24.0 Å². The fourth-order valence-corrected chi connectivity index (χ4v) is 2.69. The summed E-state index contributed by atoms with van der Waals surface area (Å²) in [7, 11) is 0. The van der Waals surface area contributed by atoms with Crippen molar-refractivity contribution in [2.24, 2.45) is 10.7 Å². The Kier molecular flexibility index (Phi) is 7.06. The summed E-state index contributed by atoms with van der Waals surface area (Å²) in [5, 5.41) is 2.56. The topological polar surface area (TPSA) is 79.4 Å². The fourth-order valence-electron chi connectivity index (χ4n) is 2.69. The standard InChI is InChI=1S/C17H20F2N6.HI/c1-11-8-13(23-17(22-11)25-6-2-3-7-25)10-21-16(20)24-15-9-12(18)4-5-14(15)19;/h4-5,8-9H,2-3,6-7,10H2,1H3,(H3,20,21,24);1H. The molecule has 0 radical (unpaired) electrons. The molecule has 0 saturated carbocycles. The Morgan fingerprint density at radius 3 is 2.69 bits per heavy atom. The van der Waals surface area contributed by atoms with Crippen molar-refractivity contribution in [3.63, 3.8) is 0 Å². The number of nitrogens with one attached hydrogen (secondary N) is 1. The van der Waals surface area contributed by atoms with Crippen LogP contribution in [0.4, 0.5) is 20.4 Å². The third-order valence-electron chi connectivity index (χ3n) is 3.89. The van der Waals surface area contributed by atoms with E-state index in [2.05, 4.69) is 25.2 Å². The Balaban J connectivity index is 0.00000243. The van der Waals surface area contributed by atoms with Gasteiger partial charge in [-0.1, -0.05) is 0 Å². The maximum absolute atomic E-state index is 13.6. The maximum atomic E-state index is 13.6. The Hall–Kier alpha value is -2.04. The van der Waals surface area contributed by atoms with Crippen LogP contribution in [0.2, 0.25) is 0 Å². The second-order valence-corrected chi connectivity index (χ2v) is 5.95. The van der Waals surface area contributed by atoms with E-state index in [-0.39, 0.29) is 42.2 Å². The van der Waals surface area contributed by atoms with Crippen LogP contribution in [-0.2, 0) is 6.54 Å². The highest BCUT2D eigenvalue weighted by Gasteiger charge is 2.15. The number of anilines is 2. The van der Waals surface area contributed by atoms with Gasteiger partial charge in [0, 0.05) is 24.8 Å². The zero-order chi connectivity index (χ0) is 17.8. The Bertz CT molecular complexity index is 793. The second-order valence-electron chi connectivity index (χ2n) is 5.95. The van der Waals surface area contributed by atoms with Crippen LogP contribution in [0.5, 0.6) is 0 Å². The van der Waals surface area contributed by atoms with Gasteiger partial charge < -0.3 is 16.0 Å². The van der Waals surface area contributed by atoms with Gasteiger partial charge in [0.2, 0.25) is 5.95 Å². The van der Waals surface area contributed by atoms with Gasteiger partial charge >= 0.3 is 0 Å². The normalized spacial score (nSPS) is 14.3.